The summed E-state index contributed by atoms with van der Waals surface area (Å²) >= 11 is 0. The van der Waals surface area contributed by atoms with Crippen molar-refractivity contribution < 1.29 is 20.4 Å². The molecule has 0 amide bonds. The van der Waals surface area contributed by atoms with Crippen molar-refractivity contribution in [3.63, 3.8) is 0 Å². The second-order valence-corrected chi connectivity index (χ2v) is 6.70. The van der Waals surface area contributed by atoms with E-state index in [1.165, 1.54) is 0 Å². The summed E-state index contributed by atoms with van der Waals surface area (Å²) in [5.41, 5.74) is -1.13. The van der Waals surface area contributed by atoms with E-state index >= 15 is 0 Å². The second kappa shape index (κ2) is 5.92. The van der Waals surface area contributed by atoms with E-state index in [2.05, 4.69) is 0 Å². The van der Waals surface area contributed by atoms with Crippen molar-refractivity contribution in [1.29, 1.82) is 0 Å². The van der Waals surface area contributed by atoms with Gasteiger partial charge in [-0.25, -0.2) is 0 Å². The molecule has 4 N–H and O–H groups in total. The molecular formula is C15H28O4. The fourth-order valence-corrected chi connectivity index (χ4v) is 2.51. The summed E-state index contributed by atoms with van der Waals surface area (Å²) in [6, 6.07) is 0. The van der Waals surface area contributed by atoms with Gasteiger partial charge in [-0.05, 0) is 64.9 Å². The van der Waals surface area contributed by atoms with Gasteiger partial charge in [0, 0.05) is 0 Å². The lowest BCUT2D eigenvalue weighted by Crippen LogP contribution is -2.42. The zero-order chi connectivity index (χ0) is 14.8. The minimum atomic E-state index is -1.15. The number of rotatable bonds is 5. The molecule has 0 aromatic carbocycles. The predicted molar refractivity (Wildman–Crippen MR) is 74.7 cm³/mol. The van der Waals surface area contributed by atoms with E-state index in [9.17, 15) is 20.4 Å². The van der Waals surface area contributed by atoms with Gasteiger partial charge in [0.1, 0.15) is 0 Å². The lowest BCUT2D eigenvalue weighted by Gasteiger charge is -2.38. The standard InChI is InChI=1S/C15H28O4/c1-10-5-6-11(9-12(10)16)15(4,19)8-7-13(17)14(2,3)18/h5,11-13,16-19H,6-9H2,1-4H3/t11-,12+,13-,15+/m1/s1. The normalized spacial score (nSPS) is 29.6. The first-order valence-corrected chi connectivity index (χ1v) is 7.01. The molecule has 0 spiro atoms. The minimum absolute atomic E-state index is 0.0137. The van der Waals surface area contributed by atoms with Gasteiger partial charge in [-0.3, -0.25) is 0 Å². The van der Waals surface area contributed by atoms with E-state index in [-0.39, 0.29) is 5.92 Å². The van der Waals surface area contributed by atoms with Gasteiger partial charge < -0.3 is 20.4 Å². The average Bonchev–Trinajstić information content (AvgIpc) is 2.28. The van der Waals surface area contributed by atoms with Crippen LogP contribution in [-0.4, -0.2) is 43.8 Å². The van der Waals surface area contributed by atoms with E-state index < -0.39 is 23.4 Å². The summed E-state index contributed by atoms with van der Waals surface area (Å²) in [5.74, 6) is -0.0137. The van der Waals surface area contributed by atoms with Crippen LogP contribution in [0, 0.1) is 5.92 Å². The summed E-state index contributed by atoms with van der Waals surface area (Å²) in [7, 11) is 0. The summed E-state index contributed by atoms with van der Waals surface area (Å²) in [6.07, 6.45) is 2.67. The SMILES string of the molecule is CC1=CC[C@@H]([C@@](C)(O)CC[C@@H](O)C(C)(C)O)C[C@@H]1O. The van der Waals surface area contributed by atoms with Crippen molar-refractivity contribution in [1.82, 2.24) is 0 Å². The zero-order valence-electron chi connectivity index (χ0n) is 12.4. The van der Waals surface area contributed by atoms with Crippen molar-refractivity contribution in [2.75, 3.05) is 0 Å². The molecule has 112 valence electrons. The third-order valence-electron chi connectivity index (χ3n) is 4.38. The Morgan fingerprint density at radius 1 is 1.32 bits per heavy atom. The Morgan fingerprint density at radius 2 is 1.89 bits per heavy atom. The van der Waals surface area contributed by atoms with Gasteiger partial charge in [0.05, 0.1) is 23.4 Å². The molecule has 1 rings (SSSR count). The summed E-state index contributed by atoms with van der Waals surface area (Å²) in [5, 5.41) is 39.9. The first-order chi connectivity index (χ1) is 8.54. The molecule has 0 heterocycles. The fourth-order valence-electron chi connectivity index (χ4n) is 2.51. The highest BCUT2D eigenvalue weighted by Gasteiger charge is 2.36. The molecule has 0 saturated heterocycles. The van der Waals surface area contributed by atoms with Gasteiger partial charge in [0.25, 0.3) is 0 Å². The molecule has 4 atom stereocenters. The van der Waals surface area contributed by atoms with Crippen LogP contribution in [0.4, 0.5) is 0 Å². The first-order valence-electron chi connectivity index (χ1n) is 7.01. The van der Waals surface area contributed by atoms with Crippen LogP contribution in [-0.2, 0) is 0 Å². The smallest absolute Gasteiger partial charge is 0.0849 e. The Balaban J connectivity index is 2.57. The summed E-state index contributed by atoms with van der Waals surface area (Å²) in [4.78, 5) is 0. The maximum Gasteiger partial charge on any atom is 0.0849 e. The fraction of sp³-hybridized carbons (Fsp3) is 0.867. The van der Waals surface area contributed by atoms with E-state index in [4.69, 9.17) is 0 Å². The molecule has 0 aromatic rings. The maximum atomic E-state index is 10.5. The molecule has 1 aliphatic carbocycles. The Bertz CT molecular complexity index is 328. The zero-order valence-corrected chi connectivity index (χ0v) is 12.4. The van der Waals surface area contributed by atoms with E-state index in [1.54, 1.807) is 20.8 Å². The lowest BCUT2D eigenvalue weighted by atomic mass is 9.75. The minimum Gasteiger partial charge on any atom is -0.390 e. The molecule has 0 unspecified atom stereocenters. The molecular weight excluding hydrogens is 244 g/mol. The molecule has 19 heavy (non-hydrogen) atoms. The highest BCUT2D eigenvalue weighted by molar-refractivity contribution is 5.11. The molecule has 0 aromatic heterocycles. The van der Waals surface area contributed by atoms with Crippen LogP contribution in [0.5, 0.6) is 0 Å². The van der Waals surface area contributed by atoms with Crippen molar-refractivity contribution in [3.8, 4) is 0 Å². The third-order valence-corrected chi connectivity index (χ3v) is 4.38. The molecule has 4 heteroatoms. The van der Waals surface area contributed by atoms with Gasteiger partial charge in [-0.2, -0.15) is 0 Å². The van der Waals surface area contributed by atoms with E-state index in [0.717, 1.165) is 12.0 Å². The summed E-state index contributed by atoms with van der Waals surface area (Å²) in [6.45, 7) is 6.76. The van der Waals surface area contributed by atoms with Crippen LogP contribution in [0.25, 0.3) is 0 Å². The number of allylic oxidation sites excluding steroid dienone is 1. The van der Waals surface area contributed by atoms with Crippen LogP contribution < -0.4 is 0 Å². The maximum absolute atomic E-state index is 10.5. The molecule has 4 nitrogen and oxygen atoms in total. The third kappa shape index (κ3) is 4.56. The number of aliphatic hydroxyl groups is 4. The molecule has 0 radical (unpaired) electrons. The first kappa shape index (κ1) is 16.6. The molecule has 0 fully saturated rings. The van der Waals surface area contributed by atoms with E-state index in [1.807, 2.05) is 13.0 Å². The van der Waals surface area contributed by atoms with Gasteiger partial charge in [-0.1, -0.05) is 6.08 Å². The quantitative estimate of drug-likeness (QED) is 0.570. The molecule has 0 saturated carbocycles. The number of aliphatic hydroxyl groups excluding tert-OH is 2. The van der Waals surface area contributed by atoms with Crippen molar-refractivity contribution in [2.24, 2.45) is 5.92 Å². The Kier molecular flexibility index (Phi) is 5.18. The predicted octanol–water partition coefficient (Wildman–Crippen LogP) is 1.37. The summed E-state index contributed by atoms with van der Waals surface area (Å²) < 4.78 is 0. The van der Waals surface area contributed by atoms with Crippen LogP contribution >= 0.6 is 0 Å². The van der Waals surface area contributed by atoms with E-state index in [0.29, 0.717) is 19.3 Å². The van der Waals surface area contributed by atoms with Gasteiger partial charge in [0.2, 0.25) is 0 Å². The Hall–Kier alpha value is -0.420. The van der Waals surface area contributed by atoms with Crippen LogP contribution in [0.3, 0.4) is 0 Å². The van der Waals surface area contributed by atoms with Gasteiger partial charge >= 0.3 is 0 Å². The average molecular weight is 272 g/mol. The van der Waals surface area contributed by atoms with Crippen LogP contribution in [0.2, 0.25) is 0 Å². The van der Waals surface area contributed by atoms with Crippen molar-refractivity contribution >= 4 is 0 Å². The highest BCUT2D eigenvalue weighted by atomic mass is 16.3. The molecule has 1 aliphatic rings. The monoisotopic (exact) mass is 272 g/mol. The molecule has 0 aliphatic heterocycles. The Labute approximate surface area is 115 Å². The van der Waals surface area contributed by atoms with Gasteiger partial charge in [0.15, 0.2) is 0 Å². The highest BCUT2D eigenvalue weighted by Crippen LogP contribution is 2.35. The van der Waals surface area contributed by atoms with Gasteiger partial charge in [-0.15, -0.1) is 0 Å². The van der Waals surface area contributed by atoms with Crippen LogP contribution in [0.1, 0.15) is 53.4 Å². The number of hydrogen-bond acceptors (Lipinski definition) is 4. The number of hydrogen-bond donors (Lipinski definition) is 4. The Morgan fingerprint density at radius 3 is 2.37 bits per heavy atom. The van der Waals surface area contributed by atoms with Crippen molar-refractivity contribution in [2.45, 2.75) is 76.8 Å². The van der Waals surface area contributed by atoms with Crippen molar-refractivity contribution in [3.05, 3.63) is 11.6 Å². The second-order valence-electron chi connectivity index (χ2n) is 6.70. The van der Waals surface area contributed by atoms with Crippen LogP contribution in [0.15, 0.2) is 11.6 Å². The topological polar surface area (TPSA) is 80.9 Å². The molecule has 0 bridgehead atoms. The lowest BCUT2D eigenvalue weighted by molar-refractivity contribution is -0.0765. The largest absolute Gasteiger partial charge is 0.390 e.